The lowest BCUT2D eigenvalue weighted by molar-refractivity contribution is 0.597. The SMILES string of the molecule is CCc1ncc(S(=O)(=O)Nc2n[nH]c(C)c2C)[nH]1. The molecule has 0 saturated heterocycles. The molecule has 8 heteroatoms. The Morgan fingerprint density at radius 2 is 2.11 bits per heavy atom. The monoisotopic (exact) mass is 269 g/mol. The zero-order valence-corrected chi connectivity index (χ0v) is 11.2. The third kappa shape index (κ3) is 2.23. The highest BCUT2D eigenvalue weighted by atomic mass is 32.2. The van der Waals surface area contributed by atoms with Gasteiger partial charge in [-0.1, -0.05) is 6.92 Å². The highest BCUT2D eigenvalue weighted by Crippen LogP contribution is 2.18. The number of hydrogen-bond donors (Lipinski definition) is 3. The Morgan fingerprint density at radius 1 is 1.39 bits per heavy atom. The Labute approximate surface area is 105 Å². The molecule has 2 rings (SSSR count). The Kier molecular flexibility index (Phi) is 3.12. The van der Waals surface area contributed by atoms with Gasteiger partial charge in [-0.25, -0.2) is 4.98 Å². The van der Waals surface area contributed by atoms with Gasteiger partial charge in [-0.3, -0.25) is 9.82 Å². The van der Waals surface area contributed by atoms with Gasteiger partial charge in [0.15, 0.2) is 10.8 Å². The molecule has 3 N–H and O–H groups in total. The molecule has 0 atom stereocenters. The Hall–Kier alpha value is -1.83. The number of hydrogen-bond acceptors (Lipinski definition) is 4. The second-order valence-electron chi connectivity index (χ2n) is 3.98. The number of anilines is 1. The van der Waals surface area contributed by atoms with Crippen molar-refractivity contribution in [3.05, 3.63) is 23.3 Å². The predicted molar refractivity (Wildman–Crippen MR) is 66.8 cm³/mol. The van der Waals surface area contributed by atoms with Crippen molar-refractivity contribution < 1.29 is 8.42 Å². The minimum atomic E-state index is -3.66. The van der Waals surface area contributed by atoms with E-state index in [1.54, 1.807) is 6.92 Å². The van der Waals surface area contributed by atoms with Gasteiger partial charge in [0, 0.05) is 17.7 Å². The molecule has 0 spiro atoms. The van der Waals surface area contributed by atoms with Crippen LogP contribution in [0.2, 0.25) is 0 Å². The van der Waals surface area contributed by atoms with Crippen molar-refractivity contribution in [1.82, 2.24) is 20.2 Å². The van der Waals surface area contributed by atoms with E-state index in [-0.39, 0.29) is 5.03 Å². The first-order valence-electron chi connectivity index (χ1n) is 5.52. The molecule has 2 aromatic heterocycles. The minimum Gasteiger partial charge on any atom is -0.332 e. The fourth-order valence-corrected chi connectivity index (χ4v) is 2.43. The molecule has 0 fully saturated rings. The molecule has 18 heavy (non-hydrogen) atoms. The molecule has 0 amide bonds. The fraction of sp³-hybridized carbons (Fsp3) is 0.400. The summed E-state index contributed by atoms with van der Waals surface area (Å²) in [7, 11) is -3.66. The van der Waals surface area contributed by atoms with E-state index >= 15 is 0 Å². The Morgan fingerprint density at radius 3 is 2.61 bits per heavy atom. The number of aromatic nitrogens is 4. The zero-order chi connectivity index (χ0) is 13.3. The maximum atomic E-state index is 12.1. The molecule has 0 unspecified atom stereocenters. The summed E-state index contributed by atoms with van der Waals surface area (Å²) in [5.41, 5.74) is 1.60. The van der Waals surface area contributed by atoms with Crippen LogP contribution in [-0.4, -0.2) is 28.6 Å². The van der Waals surface area contributed by atoms with Gasteiger partial charge in [0.05, 0.1) is 6.20 Å². The molecule has 0 aliphatic rings. The first-order chi connectivity index (χ1) is 8.44. The zero-order valence-electron chi connectivity index (χ0n) is 10.4. The largest absolute Gasteiger partial charge is 0.332 e. The van der Waals surface area contributed by atoms with Crippen LogP contribution in [0, 0.1) is 13.8 Å². The summed E-state index contributed by atoms with van der Waals surface area (Å²) in [6.07, 6.45) is 1.95. The number of aryl methyl sites for hydroxylation is 2. The summed E-state index contributed by atoms with van der Waals surface area (Å²) in [6, 6.07) is 0. The lowest BCUT2D eigenvalue weighted by atomic mass is 10.3. The van der Waals surface area contributed by atoms with Crippen LogP contribution in [-0.2, 0) is 16.4 Å². The van der Waals surface area contributed by atoms with E-state index in [2.05, 4.69) is 24.9 Å². The maximum Gasteiger partial charge on any atom is 0.280 e. The molecule has 0 aliphatic carbocycles. The number of imidazole rings is 1. The summed E-state index contributed by atoms with van der Waals surface area (Å²) < 4.78 is 26.5. The van der Waals surface area contributed by atoms with Crippen LogP contribution in [0.3, 0.4) is 0 Å². The van der Waals surface area contributed by atoms with Gasteiger partial charge in [-0.15, -0.1) is 0 Å². The molecule has 7 nitrogen and oxygen atoms in total. The van der Waals surface area contributed by atoms with E-state index in [0.29, 0.717) is 18.1 Å². The first-order valence-corrected chi connectivity index (χ1v) is 7.00. The van der Waals surface area contributed by atoms with Crippen LogP contribution in [0.1, 0.15) is 24.0 Å². The first kappa shape index (κ1) is 12.6. The van der Waals surface area contributed by atoms with Gasteiger partial charge < -0.3 is 4.98 Å². The van der Waals surface area contributed by atoms with E-state index in [9.17, 15) is 8.42 Å². The number of H-pyrrole nitrogens is 2. The summed E-state index contributed by atoms with van der Waals surface area (Å²) in [5, 5.41) is 6.67. The van der Waals surface area contributed by atoms with Gasteiger partial charge in [0.1, 0.15) is 5.82 Å². The van der Waals surface area contributed by atoms with E-state index in [1.807, 2.05) is 13.8 Å². The number of nitrogens with zero attached hydrogens (tertiary/aromatic N) is 2. The topological polar surface area (TPSA) is 104 Å². The molecule has 2 heterocycles. The number of aromatic amines is 2. The van der Waals surface area contributed by atoms with Crippen molar-refractivity contribution in [2.45, 2.75) is 32.2 Å². The lowest BCUT2D eigenvalue weighted by Gasteiger charge is -2.03. The normalized spacial score (nSPS) is 11.7. The van der Waals surface area contributed by atoms with Crippen molar-refractivity contribution in [3.8, 4) is 0 Å². The second-order valence-corrected chi connectivity index (χ2v) is 5.63. The average Bonchev–Trinajstić information content (AvgIpc) is 2.91. The van der Waals surface area contributed by atoms with Crippen LogP contribution in [0.5, 0.6) is 0 Å². The van der Waals surface area contributed by atoms with Gasteiger partial charge in [0.2, 0.25) is 0 Å². The molecule has 0 aromatic carbocycles. The van der Waals surface area contributed by atoms with Crippen LogP contribution in [0.15, 0.2) is 11.2 Å². The molecule has 2 aromatic rings. The van der Waals surface area contributed by atoms with E-state index < -0.39 is 10.0 Å². The van der Waals surface area contributed by atoms with Gasteiger partial charge in [-0.2, -0.15) is 13.5 Å². The molecule has 0 aliphatic heterocycles. The number of rotatable bonds is 4. The van der Waals surface area contributed by atoms with Gasteiger partial charge in [-0.05, 0) is 13.8 Å². The minimum absolute atomic E-state index is 0.0411. The van der Waals surface area contributed by atoms with Gasteiger partial charge in [0.25, 0.3) is 10.0 Å². The fourth-order valence-electron chi connectivity index (χ4n) is 1.43. The molecule has 0 saturated carbocycles. The smallest absolute Gasteiger partial charge is 0.280 e. The maximum absolute atomic E-state index is 12.1. The van der Waals surface area contributed by atoms with E-state index in [0.717, 1.165) is 11.3 Å². The predicted octanol–water partition coefficient (Wildman–Crippen LogP) is 1.11. The average molecular weight is 269 g/mol. The second kappa shape index (κ2) is 4.45. The van der Waals surface area contributed by atoms with E-state index in [1.165, 1.54) is 6.20 Å². The van der Waals surface area contributed by atoms with Gasteiger partial charge >= 0.3 is 0 Å². The molecular weight excluding hydrogens is 254 g/mol. The standard InChI is InChI=1S/C10H15N5O2S/c1-4-8-11-5-9(12-8)18(16,17)15-10-6(2)7(3)13-14-10/h5H,4H2,1-3H3,(H,11,12)(H2,13,14,15). The van der Waals surface area contributed by atoms with Crippen molar-refractivity contribution >= 4 is 15.8 Å². The van der Waals surface area contributed by atoms with Crippen LogP contribution in [0.4, 0.5) is 5.82 Å². The Balaban J connectivity index is 2.30. The molecule has 98 valence electrons. The summed E-state index contributed by atoms with van der Waals surface area (Å²) in [4.78, 5) is 6.72. The Bertz CT molecular complexity index is 656. The lowest BCUT2D eigenvalue weighted by Crippen LogP contribution is -2.14. The summed E-state index contributed by atoms with van der Waals surface area (Å²) >= 11 is 0. The quantitative estimate of drug-likeness (QED) is 0.773. The molecule has 0 bridgehead atoms. The van der Waals surface area contributed by atoms with Crippen LogP contribution >= 0.6 is 0 Å². The van der Waals surface area contributed by atoms with Crippen molar-refractivity contribution in [2.24, 2.45) is 0 Å². The highest BCUT2D eigenvalue weighted by molar-refractivity contribution is 7.92. The third-order valence-corrected chi connectivity index (χ3v) is 3.96. The van der Waals surface area contributed by atoms with Crippen molar-refractivity contribution in [2.75, 3.05) is 4.72 Å². The number of sulfonamides is 1. The van der Waals surface area contributed by atoms with Crippen LogP contribution < -0.4 is 4.72 Å². The summed E-state index contributed by atoms with van der Waals surface area (Å²) in [5.74, 6) is 0.936. The third-order valence-electron chi connectivity index (χ3n) is 2.71. The number of nitrogens with one attached hydrogen (secondary N) is 3. The molecular formula is C10H15N5O2S. The van der Waals surface area contributed by atoms with E-state index in [4.69, 9.17) is 0 Å². The van der Waals surface area contributed by atoms with Crippen LogP contribution in [0.25, 0.3) is 0 Å². The van der Waals surface area contributed by atoms with Crippen molar-refractivity contribution in [1.29, 1.82) is 0 Å². The summed E-state index contributed by atoms with van der Waals surface area (Å²) in [6.45, 7) is 5.51. The van der Waals surface area contributed by atoms with Crippen molar-refractivity contribution in [3.63, 3.8) is 0 Å². The molecule has 0 radical (unpaired) electrons. The highest BCUT2D eigenvalue weighted by Gasteiger charge is 2.19.